The summed E-state index contributed by atoms with van der Waals surface area (Å²) < 4.78 is 0. The van der Waals surface area contributed by atoms with Crippen molar-refractivity contribution in [3.05, 3.63) is 29.7 Å². The molecule has 0 amide bonds. The van der Waals surface area contributed by atoms with E-state index in [1.54, 1.807) is 11.1 Å². The van der Waals surface area contributed by atoms with Crippen LogP contribution in [0.3, 0.4) is 0 Å². The molecule has 3 aliphatic rings. The Bertz CT molecular complexity index is 208. The predicted octanol–water partition coefficient (Wildman–Crippen LogP) is 2.29. The zero-order chi connectivity index (χ0) is 6.55. The fourth-order valence-corrected chi connectivity index (χ4v) is 2.56. The average molecular weight is 130 g/mol. The minimum atomic E-state index is 0.889. The molecular formula is C10H10. The van der Waals surface area contributed by atoms with E-state index < -0.39 is 0 Å². The molecule has 2 radical (unpaired) electrons. The summed E-state index contributed by atoms with van der Waals surface area (Å²) >= 11 is 0. The molecular weight excluding hydrogens is 120 g/mol. The second-order valence-corrected chi connectivity index (χ2v) is 3.54. The average Bonchev–Trinajstić information content (AvgIpc) is 2.60. The maximum atomic E-state index is 3.36. The number of hydrogen-bond acceptors (Lipinski definition) is 0. The van der Waals surface area contributed by atoms with Crippen LogP contribution in [0, 0.1) is 24.3 Å². The van der Waals surface area contributed by atoms with Crippen molar-refractivity contribution in [3.8, 4) is 0 Å². The zero-order valence-electron chi connectivity index (χ0n) is 5.93. The molecule has 3 rings (SSSR count). The van der Waals surface area contributed by atoms with Gasteiger partial charge in [-0.1, -0.05) is 17.2 Å². The summed E-state index contributed by atoms with van der Waals surface area (Å²) in [6.45, 7) is 0. The van der Waals surface area contributed by atoms with Crippen molar-refractivity contribution in [1.82, 2.24) is 0 Å². The highest BCUT2D eigenvalue weighted by atomic mass is 14.4. The number of allylic oxidation sites excluding steroid dienone is 4. The minimum Gasteiger partial charge on any atom is -0.0618 e. The van der Waals surface area contributed by atoms with E-state index in [2.05, 4.69) is 18.6 Å². The van der Waals surface area contributed by atoms with E-state index >= 15 is 0 Å². The monoisotopic (exact) mass is 130 g/mol. The summed E-state index contributed by atoms with van der Waals surface area (Å²) in [5, 5.41) is 0. The molecule has 0 heteroatoms. The predicted molar refractivity (Wildman–Crippen MR) is 40.0 cm³/mol. The molecule has 2 bridgehead atoms. The normalized spacial score (nSPS) is 41.6. The topological polar surface area (TPSA) is 0 Å². The number of fused-ring (bicyclic) bond motifs is 5. The standard InChI is InChI=1S/C10H10/c1-2-9-7-4-5-8(6-7)10(9)3-1/h1,4,9-10H,2-3,6H2. The van der Waals surface area contributed by atoms with Crippen molar-refractivity contribution in [2.75, 3.05) is 0 Å². The Labute approximate surface area is 61.6 Å². The first kappa shape index (κ1) is 5.17. The first-order valence-corrected chi connectivity index (χ1v) is 4.08. The van der Waals surface area contributed by atoms with E-state index in [1.807, 2.05) is 0 Å². The fourth-order valence-electron chi connectivity index (χ4n) is 2.56. The maximum Gasteiger partial charge on any atom is -0.00899 e. The molecule has 2 unspecified atom stereocenters. The van der Waals surface area contributed by atoms with Gasteiger partial charge in [0, 0.05) is 0 Å². The molecule has 10 heavy (non-hydrogen) atoms. The first-order valence-electron chi connectivity index (χ1n) is 4.08. The van der Waals surface area contributed by atoms with Crippen molar-refractivity contribution in [2.24, 2.45) is 11.8 Å². The third-order valence-electron chi connectivity index (χ3n) is 3.09. The van der Waals surface area contributed by atoms with Gasteiger partial charge in [0.1, 0.15) is 0 Å². The smallest absolute Gasteiger partial charge is 0.00899 e. The van der Waals surface area contributed by atoms with Crippen molar-refractivity contribution in [3.63, 3.8) is 0 Å². The van der Waals surface area contributed by atoms with Gasteiger partial charge in [0.2, 0.25) is 0 Å². The lowest BCUT2D eigenvalue weighted by Gasteiger charge is -2.12. The summed E-state index contributed by atoms with van der Waals surface area (Å²) in [6, 6.07) is 0. The van der Waals surface area contributed by atoms with Crippen LogP contribution in [0.5, 0.6) is 0 Å². The summed E-state index contributed by atoms with van der Waals surface area (Å²) in [5.41, 5.74) is 3.25. The lowest BCUT2D eigenvalue weighted by Crippen LogP contribution is -2.03. The van der Waals surface area contributed by atoms with Crippen LogP contribution in [-0.4, -0.2) is 0 Å². The molecule has 3 aliphatic carbocycles. The Morgan fingerprint density at radius 3 is 3.10 bits per heavy atom. The number of hydrogen-bond donors (Lipinski definition) is 0. The van der Waals surface area contributed by atoms with Gasteiger partial charge in [-0.2, -0.15) is 0 Å². The third-order valence-corrected chi connectivity index (χ3v) is 3.09. The second-order valence-electron chi connectivity index (χ2n) is 3.54. The van der Waals surface area contributed by atoms with Crippen LogP contribution in [0.2, 0.25) is 0 Å². The van der Waals surface area contributed by atoms with Crippen LogP contribution in [0.4, 0.5) is 0 Å². The highest BCUT2D eigenvalue weighted by Gasteiger charge is 2.40. The third kappa shape index (κ3) is 0.448. The summed E-state index contributed by atoms with van der Waals surface area (Å²) in [5.74, 6) is 1.80. The highest BCUT2D eigenvalue weighted by Crippen LogP contribution is 2.52. The van der Waals surface area contributed by atoms with E-state index in [1.165, 1.54) is 19.3 Å². The van der Waals surface area contributed by atoms with E-state index in [4.69, 9.17) is 0 Å². The second kappa shape index (κ2) is 1.55. The minimum absolute atomic E-state index is 0.889. The van der Waals surface area contributed by atoms with Gasteiger partial charge < -0.3 is 0 Å². The highest BCUT2D eigenvalue weighted by molar-refractivity contribution is 5.40. The van der Waals surface area contributed by atoms with E-state index in [0.29, 0.717) is 0 Å². The van der Waals surface area contributed by atoms with Crippen LogP contribution in [0.1, 0.15) is 19.3 Å². The largest absolute Gasteiger partial charge is 0.0618 e. The van der Waals surface area contributed by atoms with Gasteiger partial charge in [0.15, 0.2) is 0 Å². The molecule has 0 N–H and O–H groups in total. The van der Waals surface area contributed by atoms with Gasteiger partial charge in [-0.25, -0.2) is 0 Å². The fraction of sp³-hybridized carbons (Fsp3) is 0.500. The summed E-state index contributed by atoms with van der Waals surface area (Å²) in [4.78, 5) is 0. The van der Waals surface area contributed by atoms with Crippen LogP contribution < -0.4 is 0 Å². The van der Waals surface area contributed by atoms with Crippen molar-refractivity contribution in [1.29, 1.82) is 0 Å². The molecule has 2 saturated carbocycles. The van der Waals surface area contributed by atoms with Crippen LogP contribution in [0.15, 0.2) is 17.2 Å². The number of rotatable bonds is 0. The van der Waals surface area contributed by atoms with Gasteiger partial charge in [-0.15, -0.1) is 0 Å². The molecule has 0 aromatic rings. The molecule has 2 fully saturated rings. The summed E-state index contributed by atoms with van der Waals surface area (Å²) in [7, 11) is 0. The molecule has 2 atom stereocenters. The molecule has 0 aliphatic heterocycles. The molecule has 0 aromatic heterocycles. The Hall–Kier alpha value is -0.520. The molecule has 0 spiro atoms. The van der Waals surface area contributed by atoms with Crippen molar-refractivity contribution < 1.29 is 0 Å². The zero-order valence-corrected chi connectivity index (χ0v) is 5.93. The Balaban J connectivity index is 2.08. The Morgan fingerprint density at radius 2 is 2.20 bits per heavy atom. The molecule has 0 saturated heterocycles. The van der Waals surface area contributed by atoms with E-state index in [-0.39, 0.29) is 0 Å². The quantitative estimate of drug-likeness (QED) is 0.472. The van der Waals surface area contributed by atoms with Gasteiger partial charge >= 0.3 is 0 Å². The van der Waals surface area contributed by atoms with E-state index in [0.717, 1.165) is 11.8 Å². The van der Waals surface area contributed by atoms with E-state index in [9.17, 15) is 0 Å². The molecule has 0 nitrogen and oxygen atoms in total. The van der Waals surface area contributed by atoms with Gasteiger partial charge in [-0.05, 0) is 43.6 Å². The molecule has 50 valence electrons. The van der Waals surface area contributed by atoms with Crippen LogP contribution in [0.25, 0.3) is 0 Å². The first-order chi connectivity index (χ1) is 4.95. The van der Waals surface area contributed by atoms with Crippen LogP contribution in [-0.2, 0) is 0 Å². The Kier molecular flexibility index (Phi) is 0.803. The SMILES string of the molecule is [C]1=C2CC(=C1)C1C[CH]CC21. The lowest BCUT2D eigenvalue weighted by molar-refractivity contribution is 0.550. The summed E-state index contributed by atoms with van der Waals surface area (Å²) in [6.07, 6.45) is 11.9. The van der Waals surface area contributed by atoms with Gasteiger partial charge in [0.25, 0.3) is 0 Å². The lowest BCUT2D eigenvalue weighted by atomic mass is 9.92. The van der Waals surface area contributed by atoms with Crippen molar-refractivity contribution in [2.45, 2.75) is 19.3 Å². The Morgan fingerprint density at radius 1 is 1.30 bits per heavy atom. The van der Waals surface area contributed by atoms with Gasteiger partial charge in [0.05, 0.1) is 0 Å². The molecule has 0 aromatic carbocycles. The molecule has 0 heterocycles. The van der Waals surface area contributed by atoms with Crippen LogP contribution >= 0.6 is 0 Å². The van der Waals surface area contributed by atoms with Gasteiger partial charge in [-0.3, -0.25) is 0 Å². The van der Waals surface area contributed by atoms with Crippen molar-refractivity contribution >= 4 is 0 Å². The maximum absolute atomic E-state index is 3.36.